The zero-order valence-corrected chi connectivity index (χ0v) is 15.1. The second kappa shape index (κ2) is 7.99. The molecule has 7 nitrogen and oxygen atoms in total. The standard InChI is InChI=1S/C18H28N4O3/c1-13-5-6-15(25-13)7-8-16(23)20-14-4-3-10-22(12-14)17-18(24)21(2)11-9-19-17/h9,11,13-15H,3-8,10,12H2,1-2H3,(H,20,23)/t13-,14+,15+/m1/s1. The highest BCUT2D eigenvalue weighted by molar-refractivity contribution is 5.76. The van der Waals surface area contributed by atoms with Crippen molar-refractivity contribution in [3.8, 4) is 0 Å². The number of anilines is 1. The molecule has 1 N–H and O–H groups in total. The summed E-state index contributed by atoms with van der Waals surface area (Å²) in [6, 6.07) is 0.0661. The lowest BCUT2D eigenvalue weighted by Gasteiger charge is -2.33. The van der Waals surface area contributed by atoms with Crippen LogP contribution in [0.2, 0.25) is 0 Å². The number of carbonyl (C=O) groups is 1. The molecule has 3 atom stereocenters. The molecule has 0 saturated carbocycles. The van der Waals surface area contributed by atoms with Gasteiger partial charge in [0.15, 0.2) is 5.82 Å². The molecule has 2 aliphatic heterocycles. The van der Waals surface area contributed by atoms with Gasteiger partial charge in [-0.3, -0.25) is 9.59 Å². The van der Waals surface area contributed by atoms with Crippen LogP contribution < -0.4 is 15.8 Å². The third-order valence-electron chi connectivity index (χ3n) is 5.10. The minimum absolute atomic E-state index is 0.0661. The van der Waals surface area contributed by atoms with Gasteiger partial charge in [-0.1, -0.05) is 0 Å². The Hall–Kier alpha value is -1.89. The van der Waals surface area contributed by atoms with Gasteiger partial charge in [-0.2, -0.15) is 0 Å². The molecule has 0 bridgehead atoms. The highest BCUT2D eigenvalue weighted by Gasteiger charge is 2.26. The SMILES string of the molecule is C[C@@H]1CC[C@@H](CCC(=O)N[C@H]2CCCN(c3nccn(C)c3=O)C2)O1. The van der Waals surface area contributed by atoms with Crippen molar-refractivity contribution in [3.05, 3.63) is 22.7 Å². The van der Waals surface area contributed by atoms with Crippen molar-refractivity contribution in [2.75, 3.05) is 18.0 Å². The Morgan fingerprint density at radius 1 is 1.40 bits per heavy atom. The highest BCUT2D eigenvalue weighted by Crippen LogP contribution is 2.22. The summed E-state index contributed by atoms with van der Waals surface area (Å²) >= 11 is 0. The van der Waals surface area contributed by atoms with Gasteiger partial charge in [-0.05, 0) is 39.0 Å². The van der Waals surface area contributed by atoms with Crippen molar-refractivity contribution in [2.24, 2.45) is 7.05 Å². The van der Waals surface area contributed by atoms with Gasteiger partial charge in [0.05, 0.1) is 12.2 Å². The van der Waals surface area contributed by atoms with Crippen LogP contribution in [0.5, 0.6) is 0 Å². The lowest BCUT2D eigenvalue weighted by atomic mass is 10.0. The molecule has 1 aromatic heterocycles. The minimum Gasteiger partial charge on any atom is -0.375 e. The van der Waals surface area contributed by atoms with Gasteiger partial charge in [-0.25, -0.2) is 4.98 Å². The van der Waals surface area contributed by atoms with E-state index in [0.717, 1.165) is 38.6 Å². The summed E-state index contributed by atoms with van der Waals surface area (Å²) < 4.78 is 7.30. The van der Waals surface area contributed by atoms with Crippen LogP contribution in [0.15, 0.2) is 17.2 Å². The molecule has 1 amide bonds. The number of aryl methyl sites for hydroxylation is 1. The largest absolute Gasteiger partial charge is 0.375 e. The first-order valence-corrected chi connectivity index (χ1v) is 9.24. The van der Waals surface area contributed by atoms with Gasteiger partial charge < -0.3 is 19.5 Å². The number of piperidine rings is 1. The van der Waals surface area contributed by atoms with Crippen LogP contribution in [-0.4, -0.2) is 46.8 Å². The predicted octanol–water partition coefficient (Wildman–Crippen LogP) is 1.21. The maximum Gasteiger partial charge on any atom is 0.293 e. The third-order valence-corrected chi connectivity index (χ3v) is 5.10. The average Bonchev–Trinajstić information content (AvgIpc) is 3.01. The Morgan fingerprint density at radius 2 is 2.24 bits per heavy atom. The summed E-state index contributed by atoms with van der Waals surface area (Å²) in [7, 11) is 1.72. The van der Waals surface area contributed by atoms with Crippen molar-refractivity contribution < 1.29 is 9.53 Å². The van der Waals surface area contributed by atoms with Gasteiger partial charge in [0.25, 0.3) is 5.56 Å². The molecule has 2 fully saturated rings. The Bertz CT molecular complexity index is 660. The summed E-state index contributed by atoms with van der Waals surface area (Å²) in [4.78, 5) is 30.7. The van der Waals surface area contributed by atoms with E-state index in [1.165, 1.54) is 4.57 Å². The molecule has 0 unspecified atom stereocenters. The molecule has 0 radical (unpaired) electrons. The van der Waals surface area contributed by atoms with Crippen LogP contribution in [0.3, 0.4) is 0 Å². The molecule has 2 aliphatic rings. The van der Waals surface area contributed by atoms with E-state index in [2.05, 4.69) is 17.2 Å². The molecule has 3 rings (SSSR count). The van der Waals surface area contributed by atoms with Gasteiger partial charge in [0.1, 0.15) is 0 Å². The first-order valence-electron chi connectivity index (χ1n) is 9.24. The van der Waals surface area contributed by atoms with Gasteiger partial charge in [0.2, 0.25) is 5.91 Å². The van der Waals surface area contributed by atoms with E-state index in [0.29, 0.717) is 24.9 Å². The molecule has 0 spiro atoms. The van der Waals surface area contributed by atoms with Crippen LogP contribution in [0.25, 0.3) is 0 Å². The number of hydrogen-bond acceptors (Lipinski definition) is 5. The van der Waals surface area contributed by atoms with Crippen LogP contribution in [0.1, 0.15) is 45.4 Å². The zero-order valence-electron chi connectivity index (χ0n) is 15.1. The molecular weight excluding hydrogens is 320 g/mol. The number of amides is 1. The van der Waals surface area contributed by atoms with Crippen molar-refractivity contribution in [1.82, 2.24) is 14.9 Å². The second-order valence-electron chi connectivity index (χ2n) is 7.20. The van der Waals surface area contributed by atoms with E-state index in [9.17, 15) is 9.59 Å². The second-order valence-corrected chi connectivity index (χ2v) is 7.20. The summed E-state index contributed by atoms with van der Waals surface area (Å²) in [5, 5.41) is 3.12. The number of hydrogen-bond donors (Lipinski definition) is 1. The summed E-state index contributed by atoms with van der Waals surface area (Å²) in [5.74, 6) is 0.543. The maximum absolute atomic E-state index is 12.2. The number of aromatic nitrogens is 2. The highest BCUT2D eigenvalue weighted by atomic mass is 16.5. The van der Waals surface area contributed by atoms with Gasteiger partial charge in [-0.15, -0.1) is 0 Å². The van der Waals surface area contributed by atoms with Gasteiger partial charge in [0, 0.05) is 45.0 Å². The Morgan fingerprint density at radius 3 is 3.00 bits per heavy atom. The number of carbonyl (C=O) groups excluding carboxylic acids is 1. The molecule has 3 heterocycles. The summed E-state index contributed by atoms with van der Waals surface area (Å²) in [5.41, 5.74) is -0.0954. The number of rotatable bonds is 5. The first-order chi connectivity index (χ1) is 12.0. The van der Waals surface area contributed by atoms with E-state index in [-0.39, 0.29) is 23.6 Å². The van der Waals surface area contributed by atoms with E-state index in [4.69, 9.17) is 4.74 Å². The lowest BCUT2D eigenvalue weighted by Crippen LogP contribution is -2.49. The van der Waals surface area contributed by atoms with Crippen LogP contribution in [-0.2, 0) is 16.6 Å². The average molecular weight is 348 g/mol. The fourth-order valence-electron chi connectivity index (χ4n) is 3.68. The fourth-order valence-corrected chi connectivity index (χ4v) is 3.68. The fraction of sp³-hybridized carbons (Fsp3) is 0.722. The monoisotopic (exact) mass is 348 g/mol. The van der Waals surface area contributed by atoms with Crippen molar-refractivity contribution >= 4 is 11.7 Å². The van der Waals surface area contributed by atoms with E-state index in [1.54, 1.807) is 19.4 Å². The summed E-state index contributed by atoms with van der Waals surface area (Å²) in [6.45, 7) is 3.51. The number of ether oxygens (including phenoxy) is 1. The van der Waals surface area contributed by atoms with Crippen LogP contribution in [0, 0.1) is 0 Å². The van der Waals surface area contributed by atoms with Crippen molar-refractivity contribution in [3.63, 3.8) is 0 Å². The normalized spacial score (nSPS) is 26.6. The molecule has 1 aromatic rings. The molecule has 2 saturated heterocycles. The Labute approximate surface area is 148 Å². The molecule has 0 aliphatic carbocycles. The lowest BCUT2D eigenvalue weighted by molar-refractivity contribution is -0.122. The zero-order chi connectivity index (χ0) is 17.8. The van der Waals surface area contributed by atoms with Gasteiger partial charge >= 0.3 is 0 Å². The quantitative estimate of drug-likeness (QED) is 0.866. The maximum atomic E-state index is 12.2. The van der Waals surface area contributed by atoms with Crippen LogP contribution in [0.4, 0.5) is 5.82 Å². The van der Waals surface area contributed by atoms with E-state index in [1.807, 2.05) is 4.90 Å². The Kier molecular flexibility index (Phi) is 5.73. The summed E-state index contributed by atoms with van der Waals surface area (Å²) in [6.07, 6.45) is 9.13. The minimum atomic E-state index is -0.0954. The molecule has 138 valence electrons. The smallest absolute Gasteiger partial charge is 0.293 e. The van der Waals surface area contributed by atoms with E-state index < -0.39 is 0 Å². The van der Waals surface area contributed by atoms with Crippen molar-refractivity contribution in [2.45, 2.75) is 63.7 Å². The third kappa shape index (κ3) is 4.60. The number of nitrogens with zero attached hydrogens (tertiary/aromatic N) is 3. The Balaban J connectivity index is 1.50. The number of nitrogens with one attached hydrogen (secondary N) is 1. The molecular formula is C18H28N4O3. The topological polar surface area (TPSA) is 76.5 Å². The van der Waals surface area contributed by atoms with E-state index >= 15 is 0 Å². The molecule has 7 heteroatoms. The van der Waals surface area contributed by atoms with Crippen molar-refractivity contribution in [1.29, 1.82) is 0 Å². The predicted molar refractivity (Wildman–Crippen MR) is 95.7 cm³/mol. The van der Waals surface area contributed by atoms with Crippen LogP contribution >= 0.6 is 0 Å². The first kappa shape index (κ1) is 17.9. The molecule has 25 heavy (non-hydrogen) atoms. The molecule has 0 aromatic carbocycles.